The number of aromatic nitrogens is 2. The molecule has 0 aliphatic carbocycles. The Kier molecular flexibility index (Phi) is 4.61. The van der Waals surface area contributed by atoms with Crippen molar-refractivity contribution in [3.8, 4) is 0 Å². The second-order valence-corrected chi connectivity index (χ2v) is 4.50. The number of rotatable bonds is 5. The molecule has 0 spiro atoms. The second-order valence-electron chi connectivity index (χ2n) is 4.50. The van der Waals surface area contributed by atoms with E-state index in [1.165, 1.54) is 5.56 Å². The zero-order chi connectivity index (χ0) is 13.5. The summed E-state index contributed by atoms with van der Waals surface area (Å²) in [5.74, 6) is 0.0527. The number of pyridine rings is 2. The molecule has 0 fully saturated rings. The highest BCUT2D eigenvalue weighted by molar-refractivity contribution is 5.75. The smallest absolute Gasteiger partial charge is 0.226 e. The van der Waals surface area contributed by atoms with Gasteiger partial charge >= 0.3 is 0 Å². The van der Waals surface area contributed by atoms with Crippen molar-refractivity contribution in [3.05, 3.63) is 60.2 Å². The number of hydrogen-bond acceptors (Lipinski definition) is 2. The van der Waals surface area contributed by atoms with Crippen LogP contribution in [0.15, 0.2) is 49.1 Å². The van der Waals surface area contributed by atoms with E-state index in [0.717, 1.165) is 5.56 Å². The molecule has 98 valence electrons. The number of hydrogen-bond donors (Lipinski definition) is 1. The quantitative estimate of drug-likeness (QED) is 0.822. The average molecular weight is 256 g/mol. The van der Waals surface area contributed by atoms with E-state index in [1.807, 2.05) is 48.1 Å². The van der Waals surface area contributed by atoms with Gasteiger partial charge in [-0.3, -0.25) is 9.78 Å². The third kappa shape index (κ3) is 4.50. The van der Waals surface area contributed by atoms with Crippen molar-refractivity contribution in [1.82, 2.24) is 10.3 Å². The molecule has 4 heteroatoms. The molecule has 2 heterocycles. The van der Waals surface area contributed by atoms with Crippen molar-refractivity contribution < 1.29 is 9.36 Å². The van der Waals surface area contributed by atoms with Gasteiger partial charge in [0.15, 0.2) is 18.9 Å². The summed E-state index contributed by atoms with van der Waals surface area (Å²) in [6.45, 7) is 3.27. The Morgan fingerprint density at radius 3 is 2.79 bits per heavy atom. The molecule has 2 aromatic heterocycles. The number of carbonyl (C=O) groups excluding carboxylic acids is 1. The zero-order valence-electron chi connectivity index (χ0n) is 11.0. The minimum atomic E-state index is 0.0527. The predicted molar refractivity (Wildman–Crippen MR) is 72.1 cm³/mol. The number of nitrogens with zero attached hydrogens (tertiary/aromatic N) is 2. The van der Waals surface area contributed by atoms with Gasteiger partial charge in [0.2, 0.25) is 5.91 Å². The van der Waals surface area contributed by atoms with Gasteiger partial charge in [0, 0.05) is 31.1 Å². The minimum absolute atomic E-state index is 0.0527. The molecule has 0 saturated carbocycles. The zero-order valence-corrected chi connectivity index (χ0v) is 11.0. The van der Waals surface area contributed by atoms with Gasteiger partial charge in [0.05, 0.1) is 6.42 Å². The lowest BCUT2D eigenvalue weighted by molar-refractivity contribution is -0.695. The van der Waals surface area contributed by atoms with E-state index in [-0.39, 0.29) is 5.91 Å². The maximum Gasteiger partial charge on any atom is 0.226 e. The van der Waals surface area contributed by atoms with E-state index in [9.17, 15) is 4.79 Å². The van der Waals surface area contributed by atoms with E-state index in [1.54, 1.807) is 12.4 Å². The lowest BCUT2D eigenvalue weighted by atomic mass is 10.3. The number of nitrogens with one attached hydrogen (secondary N) is 1. The molecule has 1 N–H and O–H groups in total. The van der Waals surface area contributed by atoms with E-state index in [2.05, 4.69) is 10.3 Å². The van der Waals surface area contributed by atoms with Gasteiger partial charge in [0.25, 0.3) is 0 Å². The molecule has 0 atom stereocenters. The van der Waals surface area contributed by atoms with Crippen LogP contribution < -0.4 is 9.88 Å². The maximum absolute atomic E-state index is 11.7. The fraction of sp³-hybridized carbons (Fsp3) is 0.267. The topological polar surface area (TPSA) is 45.9 Å². The lowest BCUT2D eigenvalue weighted by Gasteiger charge is -2.03. The Labute approximate surface area is 113 Å². The van der Waals surface area contributed by atoms with Gasteiger partial charge in [-0.2, -0.15) is 0 Å². The van der Waals surface area contributed by atoms with Crippen LogP contribution in [0.3, 0.4) is 0 Å². The Morgan fingerprint density at radius 1 is 1.32 bits per heavy atom. The molecule has 0 bridgehead atoms. The second kappa shape index (κ2) is 6.64. The molecule has 0 aromatic carbocycles. The van der Waals surface area contributed by atoms with E-state index < -0.39 is 0 Å². The fourth-order valence-corrected chi connectivity index (χ4v) is 1.70. The van der Waals surface area contributed by atoms with Crippen molar-refractivity contribution in [2.75, 3.05) is 0 Å². The largest absolute Gasteiger partial charge is 0.352 e. The van der Waals surface area contributed by atoms with Crippen LogP contribution in [-0.2, 0) is 17.9 Å². The summed E-state index contributed by atoms with van der Waals surface area (Å²) in [7, 11) is 0. The van der Waals surface area contributed by atoms with Gasteiger partial charge in [-0.05, 0) is 24.1 Å². The monoisotopic (exact) mass is 256 g/mol. The highest BCUT2D eigenvalue weighted by Crippen LogP contribution is 1.95. The molecular weight excluding hydrogens is 238 g/mol. The molecule has 2 aromatic rings. The molecule has 0 aliphatic heterocycles. The lowest BCUT2D eigenvalue weighted by Crippen LogP contribution is -2.36. The van der Waals surface area contributed by atoms with Crippen LogP contribution in [0.5, 0.6) is 0 Å². The maximum atomic E-state index is 11.7. The number of carbonyl (C=O) groups is 1. The first-order valence-corrected chi connectivity index (χ1v) is 6.35. The minimum Gasteiger partial charge on any atom is -0.352 e. The highest BCUT2D eigenvalue weighted by Gasteiger charge is 2.06. The third-order valence-corrected chi connectivity index (χ3v) is 2.87. The molecule has 0 unspecified atom stereocenters. The highest BCUT2D eigenvalue weighted by atomic mass is 16.1. The van der Waals surface area contributed by atoms with E-state index in [4.69, 9.17) is 0 Å². The van der Waals surface area contributed by atoms with E-state index >= 15 is 0 Å². The summed E-state index contributed by atoms with van der Waals surface area (Å²) in [5, 5.41) is 2.89. The van der Waals surface area contributed by atoms with Crippen molar-refractivity contribution >= 4 is 5.91 Å². The molecule has 0 radical (unpaired) electrons. The Bertz CT molecular complexity index is 523. The van der Waals surface area contributed by atoms with E-state index in [0.29, 0.717) is 19.5 Å². The molecule has 0 aliphatic rings. The first-order chi connectivity index (χ1) is 9.24. The summed E-state index contributed by atoms with van der Waals surface area (Å²) in [6.07, 6.45) is 7.94. The van der Waals surface area contributed by atoms with Crippen LogP contribution in [0.1, 0.15) is 17.5 Å². The molecule has 0 saturated heterocycles. The standard InChI is InChI=1S/C15H17N3O/c1-13-4-8-18(9-5-13)10-6-15(19)17-12-14-3-2-7-16-11-14/h2-5,7-9,11H,6,10,12H2,1H3/p+1. The third-order valence-electron chi connectivity index (χ3n) is 2.87. The van der Waals surface area contributed by atoms with Gasteiger partial charge in [-0.25, -0.2) is 4.57 Å². The van der Waals surface area contributed by atoms with Crippen LogP contribution in [0, 0.1) is 6.92 Å². The van der Waals surface area contributed by atoms with Gasteiger partial charge in [-0.15, -0.1) is 0 Å². The Hall–Kier alpha value is -2.23. The number of amides is 1. The van der Waals surface area contributed by atoms with Crippen molar-refractivity contribution in [3.63, 3.8) is 0 Å². The van der Waals surface area contributed by atoms with Crippen LogP contribution in [0.4, 0.5) is 0 Å². The summed E-state index contributed by atoms with van der Waals surface area (Å²) in [6, 6.07) is 7.88. The van der Waals surface area contributed by atoms with Gasteiger partial charge < -0.3 is 5.32 Å². The molecular formula is C15H18N3O+. The first-order valence-electron chi connectivity index (χ1n) is 6.35. The summed E-state index contributed by atoms with van der Waals surface area (Å²) in [4.78, 5) is 15.7. The normalized spacial score (nSPS) is 10.2. The predicted octanol–water partition coefficient (Wildman–Crippen LogP) is 1.38. The summed E-state index contributed by atoms with van der Waals surface area (Å²) in [5.41, 5.74) is 2.23. The van der Waals surface area contributed by atoms with Crippen molar-refractivity contribution in [2.45, 2.75) is 26.4 Å². The number of aryl methyl sites for hydroxylation is 2. The van der Waals surface area contributed by atoms with Crippen LogP contribution in [0.2, 0.25) is 0 Å². The van der Waals surface area contributed by atoms with Gasteiger partial charge in [0.1, 0.15) is 0 Å². The average Bonchev–Trinajstić information content (AvgIpc) is 2.45. The Balaban J connectivity index is 1.74. The van der Waals surface area contributed by atoms with Crippen LogP contribution in [0.25, 0.3) is 0 Å². The summed E-state index contributed by atoms with van der Waals surface area (Å²) < 4.78 is 2.01. The van der Waals surface area contributed by atoms with Crippen LogP contribution in [-0.4, -0.2) is 10.9 Å². The molecule has 1 amide bonds. The summed E-state index contributed by atoms with van der Waals surface area (Å²) >= 11 is 0. The Morgan fingerprint density at radius 2 is 2.11 bits per heavy atom. The van der Waals surface area contributed by atoms with Crippen LogP contribution >= 0.6 is 0 Å². The SMILES string of the molecule is Cc1cc[n+](CCC(=O)NCc2cccnc2)cc1. The van der Waals surface area contributed by atoms with Crippen molar-refractivity contribution in [2.24, 2.45) is 0 Å². The molecule has 4 nitrogen and oxygen atoms in total. The van der Waals surface area contributed by atoms with Crippen molar-refractivity contribution in [1.29, 1.82) is 0 Å². The molecule has 2 rings (SSSR count). The molecule has 19 heavy (non-hydrogen) atoms. The first kappa shape index (κ1) is 13.2. The van der Waals surface area contributed by atoms with Gasteiger partial charge in [-0.1, -0.05) is 6.07 Å². The fourth-order valence-electron chi connectivity index (χ4n) is 1.70.